The van der Waals surface area contributed by atoms with Crippen molar-refractivity contribution >= 4 is 0 Å². The summed E-state index contributed by atoms with van der Waals surface area (Å²) in [6.07, 6.45) is 14.1. The highest BCUT2D eigenvalue weighted by molar-refractivity contribution is 4.77. The second-order valence-electron chi connectivity index (χ2n) is 6.58. The Morgan fingerprint density at radius 1 is 0.727 bits per heavy atom. The number of aliphatic hydroxyl groups is 3. The van der Waals surface area contributed by atoms with E-state index in [1.807, 2.05) is 0 Å². The fourth-order valence-corrected chi connectivity index (χ4v) is 2.76. The molecule has 0 aliphatic carbocycles. The maximum atomic E-state index is 9.74. The highest BCUT2D eigenvalue weighted by Crippen LogP contribution is 2.14. The Labute approximate surface area is 137 Å². The lowest BCUT2D eigenvalue weighted by Gasteiger charge is -2.22. The largest absolute Gasteiger partial charge is 0.395 e. The summed E-state index contributed by atoms with van der Waals surface area (Å²) in [4.78, 5) is 0. The van der Waals surface area contributed by atoms with Crippen LogP contribution in [0.15, 0.2) is 0 Å². The molecule has 0 aromatic heterocycles. The van der Waals surface area contributed by atoms with Crippen LogP contribution >= 0.6 is 0 Å². The number of nitrogens with two attached hydrogens (primary N) is 1. The third kappa shape index (κ3) is 12.4. The minimum atomic E-state index is -1.02. The van der Waals surface area contributed by atoms with E-state index >= 15 is 0 Å². The topological polar surface area (TPSA) is 86.7 Å². The zero-order valence-electron chi connectivity index (χ0n) is 14.6. The van der Waals surface area contributed by atoms with Crippen molar-refractivity contribution in [2.24, 2.45) is 5.73 Å². The van der Waals surface area contributed by atoms with Crippen molar-refractivity contribution in [3.05, 3.63) is 0 Å². The third-order valence-corrected chi connectivity index (χ3v) is 4.40. The average Bonchev–Trinajstić information content (AvgIpc) is 2.54. The van der Waals surface area contributed by atoms with Gasteiger partial charge in [0.2, 0.25) is 0 Å². The normalized spacial score (nSPS) is 15.7. The van der Waals surface area contributed by atoms with Crippen LogP contribution in [0.5, 0.6) is 0 Å². The lowest BCUT2D eigenvalue weighted by molar-refractivity contribution is -0.0121. The van der Waals surface area contributed by atoms with Gasteiger partial charge in [0.25, 0.3) is 0 Å². The van der Waals surface area contributed by atoms with Crippen molar-refractivity contribution in [1.82, 2.24) is 0 Å². The summed E-state index contributed by atoms with van der Waals surface area (Å²) in [7, 11) is 0. The van der Waals surface area contributed by atoms with E-state index in [1.54, 1.807) is 0 Å². The van der Waals surface area contributed by atoms with E-state index in [0.717, 1.165) is 12.8 Å². The zero-order valence-corrected chi connectivity index (χ0v) is 14.6. The van der Waals surface area contributed by atoms with Crippen molar-refractivity contribution < 1.29 is 15.3 Å². The predicted molar refractivity (Wildman–Crippen MR) is 92.8 cm³/mol. The van der Waals surface area contributed by atoms with Crippen molar-refractivity contribution in [2.75, 3.05) is 6.61 Å². The molecule has 0 amide bonds. The van der Waals surface area contributed by atoms with Crippen LogP contribution in [-0.2, 0) is 0 Å². The minimum Gasteiger partial charge on any atom is -0.395 e. The lowest BCUT2D eigenvalue weighted by Crippen LogP contribution is -2.45. The molecule has 3 atom stereocenters. The van der Waals surface area contributed by atoms with E-state index < -0.39 is 18.2 Å². The Bertz CT molecular complexity index is 226. The molecule has 0 aromatic rings. The lowest BCUT2D eigenvalue weighted by atomic mass is 10.00. The Balaban J connectivity index is 3.26. The van der Waals surface area contributed by atoms with E-state index in [0.29, 0.717) is 6.42 Å². The number of hydrogen-bond acceptors (Lipinski definition) is 4. The van der Waals surface area contributed by atoms with Gasteiger partial charge < -0.3 is 21.1 Å². The average molecular weight is 318 g/mol. The molecule has 22 heavy (non-hydrogen) atoms. The second-order valence-corrected chi connectivity index (χ2v) is 6.58. The van der Waals surface area contributed by atoms with Crippen LogP contribution in [0.2, 0.25) is 0 Å². The van der Waals surface area contributed by atoms with Gasteiger partial charge in [-0.15, -0.1) is 0 Å². The number of aliphatic hydroxyl groups excluding tert-OH is 3. The molecule has 0 unspecified atom stereocenters. The molecule has 0 aromatic carbocycles. The van der Waals surface area contributed by atoms with E-state index in [-0.39, 0.29) is 6.61 Å². The summed E-state index contributed by atoms with van der Waals surface area (Å²) in [6, 6.07) is -0.743. The van der Waals surface area contributed by atoms with Crippen LogP contribution in [0.25, 0.3) is 0 Å². The highest BCUT2D eigenvalue weighted by Gasteiger charge is 2.22. The molecule has 0 bridgehead atoms. The highest BCUT2D eigenvalue weighted by atomic mass is 16.3. The summed E-state index contributed by atoms with van der Waals surface area (Å²) in [5, 5.41) is 28.2. The first-order valence-electron chi connectivity index (χ1n) is 9.36. The van der Waals surface area contributed by atoms with Crippen molar-refractivity contribution in [2.45, 2.75) is 109 Å². The SMILES string of the molecule is CCCCCCCCCCCCCC[C@H](O)[C@H](O)[C@H](N)CO. The zero-order chi connectivity index (χ0) is 16.6. The van der Waals surface area contributed by atoms with Gasteiger partial charge in [0.1, 0.15) is 0 Å². The summed E-state index contributed by atoms with van der Waals surface area (Å²) >= 11 is 0. The predicted octanol–water partition coefficient (Wildman–Crippen LogP) is 3.12. The van der Waals surface area contributed by atoms with Gasteiger partial charge in [-0.25, -0.2) is 0 Å². The molecule has 0 aliphatic heterocycles. The molecule has 0 radical (unpaired) electrons. The van der Waals surface area contributed by atoms with Crippen LogP contribution in [0, 0.1) is 0 Å². The number of hydrogen-bond donors (Lipinski definition) is 4. The van der Waals surface area contributed by atoms with E-state index in [1.165, 1.54) is 64.2 Å². The molecule has 0 rings (SSSR count). The van der Waals surface area contributed by atoms with Gasteiger partial charge in [0.15, 0.2) is 0 Å². The summed E-state index contributed by atoms with van der Waals surface area (Å²) in [5.74, 6) is 0. The van der Waals surface area contributed by atoms with Crippen LogP contribution in [0.3, 0.4) is 0 Å². The summed E-state index contributed by atoms with van der Waals surface area (Å²) in [5.41, 5.74) is 5.49. The Morgan fingerprint density at radius 2 is 1.14 bits per heavy atom. The molecular formula is C18H39NO3. The third-order valence-electron chi connectivity index (χ3n) is 4.40. The van der Waals surface area contributed by atoms with Gasteiger partial charge in [0.05, 0.1) is 24.9 Å². The van der Waals surface area contributed by atoms with Gasteiger partial charge in [-0.05, 0) is 6.42 Å². The molecule has 0 fully saturated rings. The standard InChI is InChI=1S/C18H39NO3/c1-2-3-4-5-6-7-8-9-10-11-12-13-14-17(21)18(22)16(19)15-20/h16-18,20-22H,2-15,19H2,1H3/t16-,17+,18-/m1/s1. The van der Waals surface area contributed by atoms with Gasteiger partial charge in [-0.1, -0.05) is 84.0 Å². The minimum absolute atomic E-state index is 0.295. The molecule has 0 spiro atoms. The second kappa shape index (κ2) is 15.7. The molecule has 4 nitrogen and oxygen atoms in total. The Morgan fingerprint density at radius 3 is 1.55 bits per heavy atom. The fraction of sp³-hybridized carbons (Fsp3) is 1.00. The summed E-state index contributed by atoms with van der Waals surface area (Å²) < 4.78 is 0. The van der Waals surface area contributed by atoms with Crippen molar-refractivity contribution in [3.8, 4) is 0 Å². The molecule has 0 aliphatic rings. The van der Waals surface area contributed by atoms with E-state index in [2.05, 4.69) is 6.92 Å². The van der Waals surface area contributed by atoms with Gasteiger partial charge in [-0.3, -0.25) is 0 Å². The first-order valence-corrected chi connectivity index (χ1v) is 9.36. The first kappa shape index (κ1) is 21.8. The maximum absolute atomic E-state index is 9.74. The maximum Gasteiger partial charge on any atom is 0.0971 e. The van der Waals surface area contributed by atoms with Crippen LogP contribution < -0.4 is 5.73 Å². The van der Waals surface area contributed by atoms with Crippen LogP contribution in [0.4, 0.5) is 0 Å². The van der Waals surface area contributed by atoms with Gasteiger partial charge in [-0.2, -0.15) is 0 Å². The molecule has 5 N–H and O–H groups in total. The van der Waals surface area contributed by atoms with Crippen molar-refractivity contribution in [1.29, 1.82) is 0 Å². The molecule has 0 saturated heterocycles. The molecular weight excluding hydrogens is 278 g/mol. The number of rotatable bonds is 16. The van der Waals surface area contributed by atoms with E-state index in [4.69, 9.17) is 10.8 Å². The monoisotopic (exact) mass is 317 g/mol. The quantitative estimate of drug-likeness (QED) is 0.329. The van der Waals surface area contributed by atoms with Crippen molar-refractivity contribution in [3.63, 3.8) is 0 Å². The smallest absolute Gasteiger partial charge is 0.0971 e. The number of unbranched alkanes of at least 4 members (excludes halogenated alkanes) is 11. The molecule has 4 heteroatoms. The van der Waals surface area contributed by atoms with Crippen LogP contribution in [-0.4, -0.2) is 40.2 Å². The Hall–Kier alpha value is -0.160. The molecule has 0 heterocycles. The van der Waals surface area contributed by atoms with Crippen LogP contribution in [0.1, 0.15) is 90.4 Å². The summed E-state index contributed by atoms with van der Waals surface area (Å²) in [6.45, 7) is 1.96. The first-order chi connectivity index (χ1) is 10.6. The fourth-order valence-electron chi connectivity index (χ4n) is 2.76. The van der Waals surface area contributed by atoms with E-state index in [9.17, 15) is 10.2 Å². The Kier molecular flexibility index (Phi) is 15.6. The molecule has 134 valence electrons. The van der Waals surface area contributed by atoms with Gasteiger partial charge in [0, 0.05) is 0 Å². The van der Waals surface area contributed by atoms with Gasteiger partial charge >= 0.3 is 0 Å². The molecule has 0 saturated carbocycles.